The summed E-state index contributed by atoms with van der Waals surface area (Å²) in [5, 5.41) is 0. The van der Waals surface area contributed by atoms with Crippen molar-refractivity contribution in [3.63, 3.8) is 0 Å². The van der Waals surface area contributed by atoms with Crippen LogP contribution < -0.4 is 4.74 Å². The second-order valence-electron chi connectivity index (χ2n) is 4.06. The zero-order valence-electron chi connectivity index (χ0n) is 9.41. The number of hydrogen-bond donors (Lipinski definition) is 0. The van der Waals surface area contributed by atoms with Crippen LogP contribution in [-0.4, -0.2) is 24.6 Å². The summed E-state index contributed by atoms with van der Waals surface area (Å²) in [6.45, 7) is 6.33. The maximum Gasteiger partial charge on any atom is 0.119 e. The molecule has 0 aromatic heterocycles. The molecule has 1 aromatic carbocycles. The van der Waals surface area contributed by atoms with E-state index in [0.717, 1.165) is 18.9 Å². The Morgan fingerprint density at radius 3 is 2.80 bits per heavy atom. The molecule has 15 heavy (non-hydrogen) atoms. The van der Waals surface area contributed by atoms with E-state index in [2.05, 4.69) is 23.1 Å². The van der Waals surface area contributed by atoms with E-state index < -0.39 is 0 Å². The van der Waals surface area contributed by atoms with Gasteiger partial charge in [-0.25, -0.2) is 0 Å². The van der Waals surface area contributed by atoms with Gasteiger partial charge in [-0.2, -0.15) is 0 Å². The molecule has 0 N–H and O–H groups in total. The molecule has 1 aliphatic heterocycles. The molecule has 0 aliphatic carbocycles. The molecule has 0 amide bonds. The van der Waals surface area contributed by atoms with E-state index in [1.807, 2.05) is 13.0 Å². The molecule has 2 nitrogen and oxygen atoms in total. The average molecular weight is 205 g/mol. The van der Waals surface area contributed by atoms with Crippen molar-refractivity contribution in [3.8, 4) is 5.75 Å². The van der Waals surface area contributed by atoms with Gasteiger partial charge in [-0.3, -0.25) is 4.90 Å². The fourth-order valence-electron chi connectivity index (χ4n) is 2.10. The molecule has 0 radical (unpaired) electrons. The van der Waals surface area contributed by atoms with Gasteiger partial charge in [-0.1, -0.05) is 12.1 Å². The Labute approximate surface area is 91.9 Å². The van der Waals surface area contributed by atoms with Gasteiger partial charge in [0.05, 0.1) is 6.61 Å². The Morgan fingerprint density at radius 1 is 1.27 bits per heavy atom. The van der Waals surface area contributed by atoms with Crippen molar-refractivity contribution >= 4 is 0 Å². The van der Waals surface area contributed by atoms with Crippen molar-refractivity contribution in [2.75, 3.05) is 19.7 Å². The van der Waals surface area contributed by atoms with Crippen LogP contribution in [-0.2, 0) is 6.54 Å². The normalized spacial score (nSPS) is 16.9. The van der Waals surface area contributed by atoms with Crippen LogP contribution in [0.2, 0.25) is 0 Å². The van der Waals surface area contributed by atoms with Crippen molar-refractivity contribution in [1.29, 1.82) is 0 Å². The van der Waals surface area contributed by atoms with Crippen LogP contribution in [0.4, 0.5) is 0 Å². The maximum absolute atomic E-state index is 5.49. The van der Waals surface area contributed by atoms with Gasteiger partial charge in [0.25, 0.3) is 0 Å². The number of ether oxygens (including phenoxy) is 1. The highest BCUT2D eigenvalue weighted by molar-refractivity contribution is 5.28. The number of benzene rings is 1. The number of likely N-dealkylation sites (tertiary alicyclic amines) is 1. The minimum absolute atomic E-state index is 0.743. The van der Waals surface area contributed by atoms with Crippen molar-refractivity contribution in [3.05, 3.63) is 29.8 Å². The first-order chi connectivity index (χ1) is 7.38. The van der Waals surface area contributed by atoms with Crippen LogP contribution >= 0.6 is 0 Å². The molecule has 0 unspecified atom stereocenters. The van der Waals surface area contributed by atoms with E-state index in [9.17, 15) is 0 Å². The number of rotatable bonds is 4. The van der Waals surface area contributed by atoms with Gasteiger partial charge in [0.2, 0.25) is 0 Å². The van der Waals surface area contributed by atoms with Crippen LogP contribution in [0.1, 0.15) is 25.3 Å². The zero-order valence-corrected chi connectivity index (χ0v) is 9.41. The van der Waals surface area contributed by atoms with Gasteiger partial charge >= 0.3 is 0 Å². The maximum atomic E-state index is 5.49. The van der Waals surface area contributed by atoms with Crippen LogP contribution in [0.5, 0.6) is 5.75 Å². The summed E-state index contributed by atoms with van der Waals surface area (Å²) in [7, 11) is 0. The quantitative estimate of drug-likeness (QED) is 0.749. The molecule has 0 bridgehead atoms. The molecule has 2 heteroatoms. The Hall–Kier alpha value is -1.02. The zero-order chi connectivity index (χ0) is 10.5. The van der Waals surface area contributed by atoms with Crippen molar-refractivity contribution < 1.29 is 4.74 Å². The lowest BCUT2D eigenvalue weighted by atomic mass is 10.2. The van der Waals surface area contributed by atoms with E-state index in [-0.39, 0.29) is 0 Å². The van der Waals surface area contributed by atoms with Crippen molar-refractivity contribution in [2.45, 2.75) is 26.3 Å². The van der Waals surface area contributed by atoms with E-state index in [1.54, 1.807) is 0 Å². The van der Waals surface area contributed by atoms with Gasteiger partial charge < -0.3 is 4.74 Å². The second-order valence-corrected chi connectivity index (χ2v) is 4.06. The molecule has 2 rings (SSSR count). The Kier molecular flexibility index (Phi) is 3.62. The minimum Gasteiger partial charge on any atom is -0.494 e. The van der Waals surface area contributed by atoms with Crippen molar-refractivity contribution in [2.24, 2.45) is 0 Å². The lowest BCUT2D eigenvalue weighted by molar-refractivity contribution is 0.325. The van der Waals surface area contributed by atoms with Crippen LogP contribution in [0, 0.1) is 0 Å². The predicted octanol–water partition coefficient (Wildman–Crippen LogP) is 2.68. The van der Waals surface area contributed by atoms with Crippen LogP contribution in [0.3, 0.4) is 0 Å². The molecule has 1 aliphatic rings. The molecule has 82 valence electrons. The van der Waals surface area contributed by atoms with Gasteiger partial charge in [0, 0.05) is 6.54 Å². The fourth-order valence-corrected chi connectivity index (χ4v) is 2.10. The third-order valence-electron chi connectivity index (χ3n) is 2.81. The third-order valence-corrected chi connectivity index (χ3v) is 2.81. The summed E-state index contributed by atoms with van der Waals surface area (Å²) < 4.78 is 5.49. The monoisotopic (exact) mass is 205 g/mol. The Balaban J connectivity index is 1.97. The van der Waals surface area contributed by atoms with E-state index in [4.69, 9.17) is 4.74 Å². The van der Waals surface area contributed by atoms with Crippen molar-refractivity contribution in [1.82, 2.24) is 4.90 Å². The molecule has 0 atom stereocenters. The molecular weight excluding hydrogens is 186 g/mol. The fraction of sp³-hybridized carbons (Fsp3) is 0.538. The largest absolute Gasteiger partial charge is 0.494 e. The van der Waals surface area contributed by atoms with Gasteiger partial charge in [0.15, 0.2) is 0 Å². The van der Waals surface area contributed by atoms with Gasteiger partial charge in [0.1, 0.15) is 5.75 Å². The molecule has 1 aromatic rings. The Morgan fingerprint density at radius 2 is 2.07 bits per heavy atom. The molecule has 0 saturated carbocycles. The molecule has 1 fully saturated rings. The smallest absolute Gasteiger partial charge is 0.119 e. The number of hydrogen-bond acceptors (Lipinski definition) is 2. The van der Waals surface area contributed by atoms with Gasteiger partial charge in [-0.05, 0) is 50.6 Å². The highest BCUT2D eigenvalue weighted by atomic mass is 16.5. The SMILES string of the molecule is CCOc1cccc(CN2CCCC2)c1. The summed E-state index contributed by atoms with van der Waals surface area (Å²) >= 11 is 0. The second kappa shape index (κ2) is 5.17. The topological polar surface area (TPSA) is 12.5 Å². The van der Waals surface area contributed by atoms with Gasteiger partial charge in [-0.15, -0.1) is 0 Å². The lowest BCUT2D eigenvalue weighted by Gasteiger charge is -2.15. The first kappa shape index (κ1) is 10.5. The number of nitrogens with zero attached hydrogens (tertiary/aromatic N) is 1. The van der Waals surface area contributed by atoms with E-state index >= 15 is 0 Å². The summed E-state index contributed by atoms with van der Waals surface area (Å²) in [5.41, 5.74) is 1.36. The standard InChI is InChI=1S/C13H19NO/c1-2-15-13-7-5-6-12(10-13)11-14-8-3-4-9-14/h5-7,10H,2-4,8-9,11H2,1H3. The summed E-state index contributed by atoms with van der Waals surface area (Å²) in [6, 6.07) is 8.44. The predicted molar refractivity (Wildman–Crippen MR) is 62.1 cm³/mol. The first-order valence-corrected chi connectivity index (χ1v) is 5.82. The summed E-state index contributed by atoms with van der Waals surface area (Å²) in [4.78, 5) is 2.51. The summed E-state index contributed by atoms with van der Waals surface area (Å²) in [5.74, 6) is 0.995. The average Bonchev–Trinajstić information content (AvgIpc) is 2.71. The van der Waals surface area contributed by atoms with E-state index in [1.165, 1.54) is 31.5 Å². The highest BCUT2D eigenvalue weighted by Crippen LogP contribution is 2.17. The molecular formula is C13H19NO. The lowest BCUT2D eigenvalue weighted by Crippen LogP contribution is -2.18. The highest BCUT2D eigenvalue weighted by Gasteiger charge is 2.11. The third kappa shape index (κ3) is 2.96. The Bertz CT molecular complexity index is 305. The molecule has 1 saturated heterocycles. The molecule has 0 spiro atoms. The van der Waals surface area contributed by atoms with Crippen LogP contribution in [0.15, 0.2) is 24.3 Å². The molecule has 1 heterocycles. The first-order valence-electron chi connectivity index (χ1n) is 5.82. The van der Waals surface area contributed by atoms with Crippen LogP contribution in [0.25, 0.3) is 0 Å². The van der Waals surface area contributed by atoms with E-state index in [0.29, 0.717) is 0 Å². The minimum atomic E-state index is 0.743. The summed E-state index contributed by atoms with van der Waals surface area (Å²) in [6.07, 6.45) is 2.70.